The summed E-state index contributed by atoms with van der Waals surface area (Å²) in [7, 11) is 0. The van der Waals surface area contributed by atoms with Gasteiger partial charge >= 0.3 is 0 Å². The highest BCUT2D eigenvalue weighted by molar-refractivity contribution is 5.36. The molecule has 0 spiro atoms. The first-order valence-electron chi connectivity index (χ1n) is 7.85. The molecule has 1 fully saturated rings. The van der Waals surface area contributed by atoms with Crippen molar-refractivity contribution in [1.82, 2.24) is 19.9 Å². The summed E-state index contributed by atoms with van der Waals surface area (Å²) >= 11 is 0. The maximum atomic E-state index is 4.44. The lowest BCUT2D eigenvalue weighted by Gasteiger charge is -2.16. The summed E-state index contributed by atoms with van der Waals surface area (Å²) in [6, 6.07) is 4.11. The molecule has 0 aromatic carbocycles. The zero-order chi connectivity index (χ0) is 15.4. The van der Waals surface area contributed by atoms with Gasteiger partial charge in [-0.2, -0.15) is 0 Å². The molecule has 1 aliphatic heterocycles. The van der Waals surface area contributed by atoms with Gasteiger partial charge in [-0.15, -0.1) is 0 Å². The second-order valence-electron chi connectivity index (χ2n) is 6.14. The highest BCUT2D eigenvalue weighted by Gasteiger charge is 2.22. The Balaban J connectivity index is 1.47. The lowest BCUT2D eigenvalue weighted by atomic mass is 10.1. The van der Waals surface area contributed by atoms with Crippen LogP contribution in [0.5, 0.6) is 0 Å². The Bertz CT molecular complexity index is 611. The Hall–Kier alpha value is -2.01. The minimum atomic E-state index is 0.667. The predicted molar refractivity (Wildman–Crippen MR) is 87.6 cm³/mol. The van der Waals surface area contributed by atoms with E-state index in [2.05, 4.69) is 38.2 Å². The summed E-state index contributed by atoms with van der Waals surface area (Å²) < 4.78 is 0. The van der Waals surface area contributed by atoms with E-state index in [0.717, 1.165) is 43.4 Å². The van der Waals surface area contributed by atoms with E-state index in [4.69, 9.17) is 0 Å². The predicted octanol–water partition coefficient (Wildman–Crippen LogP) is 2.42. The smallest absolute Gasteiger partial charge is 0.126 e. The van der Waals surface area contributed by atoms with Crippen molar-refractivity contribution in [3.8, 4) is 0 Å². The Kier molecular flexibility index (Phi) is 4.63. The van der Waals surface area contributed by atoms with E-state index in [1.54, 1.807) is 0 Å². The normalized spacial score (nSPS) is 18.5. The summed E-state index contributed by atoms with van der Waals surface area (Å²) in [6.45, 7) is 8.16. The fraction of sp³-hybridized carbons (Fsp3) is 0.471. The number of aromatic nitrogens is 3. The van der Waals surface area contributed by atoms with Crippen LogP contribution in [-0.2, 0) is 6.54 Å². The van der Waals surface area contributed by atoms with E-state index >= 15 is 0 Å². The van der Waals surface area contributed by atoms with E-state index in [0.29, 0.717) is 5.92 Å². The van der Waals surface area contributed by atoms with Gasteiger partial charge in [0.15, 0.2) is 0 Å². The molecular formula is C17H23N5. The van der Waals surface area contributed by atoms with E-state index in [1.807, 2.05) is 31.6 Å². The molecule has 1 atom stereocenters. The van der Waals surface area contributed by atoms with Crippen LogP contribution in [0.1, 0.15) is 23.4 Å². The summed E-state index contributed by atoms with van der Waals surface area (Å²) in [5, 5.41) is 3.45. The molecule has 3 rings (SSSR count). The van der Waals surface area contributed by atoms with E-state index in [1.165, 1.54) is 12.0 Å². The Morgan fingerprint density at radius 1 is 1.23 bits per heavy atom. The van der Waals surface area contributed by atoms with Gasteiger partial charge in [0.05, 0.1) is 11.4 Å². The van der Waals surface area contributed by atoms with Crippen LogP contribution in [0.15, 0.2) is 30.7 Å². The van der Waals surface area contributed by atoms with Gasteiger partial charge in [-0.1, -0.05) is 0 Å². The molecule has 2 aromatic rings. The number of hydrogen-bond acceptors (Lipinski definition) is 5. The van der Waals surface area contributed by atoms with Crippen LogP contribution in [0.4, 0.5) is 5.82 Å². The van der Waals surface area contributed by atoms with Crippen molar-refractivity contribution in [3.63, 3.8) is 0 Å². The minimum absolute atomic E-state index is 0.667. The van der Waals surface area contributed by atoms with Gasteiger partial charge in [0.25, 0.3) is 0 Å². The van der Waals surface area contributed by atoms with Gasteiger partial charge in [0, 0.05) is 38.2 Å². The number of anilines is 1. The van der Waals surface area contributed by atoms with E-state index in [9.17, 15) is 0 Å². The molecule has 116 valence electrons. The third-order valence-corrected chi connectivity index (χ3v) is 4.08. The maximum Gasteiger partial charge on any atom is 0.126 e. The van der Waals surface area contributed by atoms with Crippen molar-refractivity contribution in [1.29, 1.82) is 0 Å². The van der Waals surface area contributed by atoms with Crippen molar-refractivity contribution in [3.05, 3.63) is 47.7 Å². The molecule has 1 saturated heterocycles. The molecule has 5 nitrogen and oxygen atoms in total. The quantitative estimate of drug-likeness (QED) is 0.918. The Morgan fingerprint density at radius 2 is 2.14 bits per heavy atom. The van der Waals surface area contributed by atoms with Crippen molar-refractivity contribution in [2.45, 2.75) is 26.8 Å². The average molecular weight is 297 g/mol. The van der Waals surface area contributed by atoms with Crippen molar-refractivity contribution in [2.24, 2.45) is 5.92 Å². The molecule has 0 saturated carbocycles. The van der Waals surface area contributed by atoms with Gasteiger partial charge in [0.2, 0.25) is 0 Å². The minimum Gasteiger partial charge on any atom is -0.370 e. The summed E-state index contributed by atoms with van der Waals surface area (Å²) in [5.41, 5.74) is 3.26. The molecule has 1 N–H and O–H groups in total. The number of likely N-dealkylation sites (tertiary alicyclic amines) is 1. The lowest BCUT2D eigenvalue weighted by molar-refractivity contribution is 0.314. The van der Waals surface area contributed by atoms with Gasteiger partial charge in [-0.3, -0.25) is 14.9 Å². The molecule has 2 aromatic heterocycles. The Labute approximate surface area is 131 Å². The average Bonchev–Trinajstić information content (AvgIpc) is 2.95. The van der Waals surface area contributed by atoms with Gasteiger partial charge in [-0.05, 0) is 50.4 Å². The van der Waals surface area contributed by atoms with Crippen LogP contribution in [0.3, 0.4) is 0 Å². The Morgan fingerprint density at radius 3 is 2.91 bits per heavy atom. The summed E-state index contributed by atoms with van der Waals surface area (Å²) in [6.07, 6.45) is 6.80. The standard InChI is InChI=1S/C17H23N5/c1-13-3-5-18-17(7-13)21-9-15-4-6-22(11-15)12-16-10-19-14(2)8-20-16/h3,5,7-8,10,15H,4,6,9,11-12H2,1-2H3,(H,18,21)/t15-/m0/s1. The van der Waals surface area contributed by atoms with Crippen LogP contribution in [0.25, 0.3) is 0 Å². The van der Waals surface area contributed by atoms with Gasteiger partial charge in [-0.25, -0.2) is 4.98 Å². The van der Waals surface area contributed by atoms with Crippen LogP contribution in [0, 0.1) is 19.8 Å². The first-order valence-corrected chi connectivity index (χ1v) is 7.85. The summed E-state index contributed by atoms with van der Waals surface area (Å²) in [4.78, 5) is 15.6. The molecular weight excluding hydrogens is 274 g/mol. The SMILES string of the molecule is Cc1ccnc(NC[C@@H]2CCN(Cc3cnc(C)cn3)C2)c1. The highest BCUT2D eigenvalue weighted by Crippen LogP contribution is 2.18. The number of aryl methyl sites for hydroxylation is 2. The zero-order valence-corrected chi connectivity index (χ0v) is 13.3. The second-order valence-corrected chi connectivity index (χ2v) is 6.14. The van der Waals surface area contributed by atoms with Crippen LogP contribution >= 0.6 is 0 Å². The number of pyridine rings is 1. The monoisotopic (exact) mass is 297 g/mol. The largest absolute Gasteiger partial charge is 0.370 e. The molecule has 5 heteroatoms. The molecule has 0 unspecified atom stereocenters. The first kappa shape index (κ1) is 14.9. The molecule has 22 heavy (non-hydrogen) atoms. The van der Waals surface area contributed by atoms with Crippen molar-refractivity contribution >= 4 is 5.82 Å². The third kappa shape index (κ3) is 4.01. The molecule has 0 amide bonds. The lowest BCUT2D eigenvalue weighted by Crippen LogP contribution is -2.23. The zero-order valence-electron chi connectivity index (χ0n) is 13.3. The van der Waals surface area contributed by atoms with Crippen LogP contribution in [-0.4, -0.2) is 39.5 Å². The third-order valence-electron chi connectivity index (χ3n) is 4.08. The molecule has 0 aliphatic carbocycles. The number of hydrogen-bond donors (Lipinski definition) is 1. The molecule has 0 bridgehead atoms. The second kappa shape index (κ2) is 6.83. The molecule has 3 heterocycles. The summed E-state index contributed by atoms with van der Waals surface area (Å²) in [5.74, 6) is 1.64. The van der Waals surface area contributed by atoms with Crippen molar-refractivity contribution in [2.75, 3.05) is 25.0 Å². The van der Waals surface area contributed by atoms with Crippen LogP contribution < -0.4 is 5.32 Å². The highest BCUT2D eigenvalue weighted by atomic mass is 15.2. The van der Waals surface area contributed by atoms with Crippen LogP contribution in [0.2, 0.25) is 0 Å². The van der Waals surface area contributed by atoms with Crippen molar-refractivity contribution < 1.29 is 0 Å². The van der Waals surface area contributed by atoms with E-state index < -0.39 is 0 Å². The van der Waals surface area contributed by atoms with Gasteiger partial charge < -0.3 is 5.32 Å². The number of nitrogens with zero attached hydrogens (tertiary/aromatic N) is 4. The molecule has 0 radical (unpaired) electrons. The fourth-order valence-corrected chi connectivity index (χ4v) is 2.83. The van der Waals surface area contributed by atoms with E-state index in [-0.39, 0.29) is 0 Å². The number of rotatable bonds is 5. The molecule has 1 aliphatic rings. The maximum absolute atomic E-state index is 4.44. The topological polar surface area (TPSA) is 53.9 Å². The van der Waals surface area contributed by atoms with Gasteiger partial charge in [0.1, 0.15) is 5.82 Å². The first-order chi connectivity index (χ1) is 10.7. The fourth-order valence-electron chi connectivity index (χ4n) is 2.83. The number of nitrogens with one attached hydrogen (secondary N) is 1.